The van der Waals surface area contributed by atoms with Gasteiger partial charge in [0.1, 0.15) is 5.92 Å². The molecule has 1 aromatic carbocycles. The number of carbonyl (C=O) groups is 2. The van der Waals surface area contributed by atoms with Gasteiger partial charge in [-0.1, -0.05) is 44.2 Å². The van der Waals surface area contributed by atoms with Crippen molar-refractivity contribution in [2.45, 2.75) is 51.9 Å². The minimum atomic E-state index is -0.443. The summed E-state index contributed by atoms with van der Waals surface area (Å²) in [6, 6.07) is 12.7. The lowest BCUT2D eigenvalue weighted by Gasteiger charge is -2.57. The van der Waals surface area contributed by atoms with E-state index in [0.29, 0.717) is 23.3 Å². The third-order valence-electron chi connectivity index (χ3n) is 8.63. The Labute approximate surface area is 187 Å². The van der Waals surface area contributed by atoms with E-state index in [1.165, 1.54) is 27.3 Å². The van der Waals surface area contributed by atoms with E-state index in [4.69, 9.17) is 4.74 Å². The van der Waals surface area contributed by atoms with E-state index in [0.717, 1.165) is 30.8 Å². The molecule has 0 N–H and O–H groups in total. The van der Waals surface area contributed by atoms with Crippen molar-refractivity contribution < 1.29 is 14.3 Å². The van der Waals surface area contributed by atoms with Crippen LogP contribution < -0.4 is 0 Å². The highest BCUT2D eigenvalue weighted by atomic mass is 32.1. The number of hydrogen-bond donors (Lipinski definition) is 0. The predicted molar refractivity (Wildman–Crippen MR) is 122 cm³/mol. The number of carbonyl (C=O) groups excluding carboxylic acids is 2. The summed E-state index contributed by atoms with van der Waals surface area (Å²) in [6.07, 6.45) is 4.71. The average Bonchev–Trinajstić information content (AvgIpc) is 3.31. The molecule has 2 bridgehead atoms. The molecule has 6 unspecified atom stereocenters. The average molecular weight is 433 g/mol. The Hall–Kier alpha value is -2.20. The van der Waals surface area contributed by atoms with Crippen LogP contribution in [-0.4, -0.2) is 11.9 Å². The summed E-state index contributed by atoms with van der Waals surface area (Å²) in [4.78, 5) is 28.7. The smallest absolute Gasteiger partial charge is 0.342 e. The fraction of sp³-hybridized carbons (Fsp3) is 0.481. The number of hydrogen-bond acceptors (Lipinski definition) is 4. The molecule has 3 nitrogen and oxygen atoms in total. The van der Waals surface area contributed by atoms with E-state index in [1.807, 2.05) is 24.3 Å². The molecular formula is C27H28O3S. The molecule has 31 heavy (non-hydrogen) atoms. The Morgan fingerprint density at radius 2 is 1.81 bits per heavy atom. The van der Waals surface area contributed by atoms with Crippen LogP contribution in [0.2, 0.25) is 0 Å². The van der Waals surface area contributed by atoms with Crippen molar-refractivity contribution in [3.8, 4) is 10.4 Å². The third kappa shape index (κ3) is 2.51. The first kappa shape index (κ1) is 19.5. The molecule has 3 aliphatic carbocycles. The highest BCUT2D eigenvalue weighted by Crippen LogP contribution is 2.66. The lowest BCUT2D eigenvalue weighted by atomic mass is 9.45. The maximum Gasteiger partial charge on any atom is 0.342 e. The Balaban J connectivity index is 1.64. The number of thiophene rings is 1. The molecule has 0 amide bonds. The number of fused-ring (bicyclic) bond motifs is 7. The van der Waals surface area contributed by atoms with Gasteiger partial charge in [0.2, 0.25) is 0 Å². The Bertz CT molecular complexity index is 1120. The van der Waals surface area contributed by atoms with Crippen molar-refractivity contribution in [1.29, 1.82) is 0 Å². The van der Waals surface area contributed by atoms with Gasteiger partial charge >= 0.3 is 11.9 Å². The lowest BCUT2D eigenvalue weighted by Crippen LogP contribution is -2.56. The van der Waals surface area contributed by atoms with E-state index in [9.17, 15) is 9.59 Å². The summed E-state index contributed by atoms with van der Waals surface area (Å²) < 4.78 is 5.30. The van der Waals surface area contributed by atoms with Crippen molar-refractivity contribution in [2.75, 3.05) is 0 Å². The Morgan fingerprint density at radius 1 is 1.03 bits per heavy atom. The number of rotatable bonds is 1. The summed E-state index contributed by atoms with van der Waals surface area (Å²) in [6.45, 7) is 6.70. The molecule has 160 valence electrons. The third-order valence-corrected chi connectivity index (χ3v) is 9.98. The molecule has 6 atom stereocenters. The molecule has 1 aliphatic heterocycles. The zero-order valence-electron chi connectivity index (χ0n) is 18.3. The van der Waals surface area contributed by atoms with E-state index in [-0.39, 0.29) is 11.4 Å². The predicted octanol–water partition coefficient (Wildman–Crippen LogP) is 6.23. The fourth-order valence-electron chi connectivity index (χ4n) is 7.61. The zero-order valence-corrected chi connectivity index (χ0v) is 19.1. The molecule has 1 aromatic heterocycles. The van der Waals surface area contributed by atoms with Gasteiger partial charge in [0.05, 0.1) is 5.57 Å². The van der Waals surface area contributed by atoms with Gasteiger partial charge in [-0.3, -0.25) is 4.79 Å². The standard InChI is InChI=1S/C27H28O3S/c1-14-9-17-11-15(2)27(19(10-14)12-17)23-22(25(28)30-26(23)29)16(3)20-13-21(31-24(20)27)18-7-5-4-6-8-18/h4-8,13-15,17,19,23H,9-12H2,1-3H3. The van der Waals surface area contributed by atoms with E-state index >= 15 is 0 Å². The molecule has 4 heteroatoms. The fourth-order valence-corrected chi connectivity index (χ4v) is 9.25. The molecule has 1 saturated heterocycles. The van der Waals surface area contributed by atoms with Crippen molar-refractivity contribution in [2.24, 2.45) is 29.6 Å². The van der Waals surface area contributed by atoms with Crippen molar-refractivity contribution >= 4 is 28.8 Å². The second kappa shape index (κ2) is 6.65. The van der Waals surface area contributed by atoms with Crippen LogP contribution in [0.4, 0.5) is 0 Å². The SMILES string of the molecule is CC1=C2C(=O)OC(=O)C2C2(c3sc(-c4ccccc4)cc31)C(C)CC1CC(C)CC2C1. The largest absolute Gasteiger partial charge is 0.389 e. The van der Waals surface area contributed by atoms with Gasteiger partial charge in [0.15, 0.2) is 0 Å². The minimum absolute atomic E-state index is 0.316. The molecule has 4 aliphatic rings. The monoisotopic (exact) mass is 432 g/mol. The minimum Gasteiger partial charge on any atom is -0.389 e. The van der Waals surface area contributed by atoms with Gasteiger partial charge < -0.3 is 4.74 Å². The highest BCUT2D eigenvalue weighted by Gasteiger charge is 2.65. The number of allylic oxidation sites excluding steroid dienone is 1. The van der Waals surface area contributed by atoms with Gasteiger partial charge in [0, 0.05) is 15.2 Å². The topological polar surface area (TPSA) is 43.4 Å². The normalized spacial score (nSPS) is 36.4. The maximum absolute atomic E-state index is 13.2. The van der Waals surface area contributed by atoms with Gasteiger partial charge in [-0.25, -0.2) is 4.79 Å². The summed E-state index contributed by atoms with van der Waals surface area (Å²) >= 11 is 1.85. The van der Waals surface area contributed by atoms with Crippen LogP contribution in [0, 0.1) is 29.6 Å². The molecule has 2 heterocycles. The number of ether oxygens (including phenoxy) is 1. The van der Waals surface area contributed by atoms with Crippen molar-refractivity contribution in [1.82, 2.24) is 0 Å². The van der Waals surface area contributed by atoms with Crippen molar-refractivity contribution in [3.05, 3.63) is 52.4 Å². The first-order valence-corrected chi connectivity index (χ1v) is 12.4. The molecule has 1 spiro atoms. The quantitative estimate of drug-likeness (QED) is 0.396. The van der Waals surface area contributed by atoms with Crippen LogP contribution in [0.3, 0.4) is 0 Å². The zero-order chi connectivity index (χ0) is 21.5. The van der Waals surface area contributed by atoms with Gasteiger partial charge in [-0.15, -0.1) is 11.3 Å². The van der Waals surface area contributed by atoms with E-state index in [2.05, 4.69) is 44.2 Å². The van der Waals surface area contributed by atoms with Gasteiger partial charge in [-0.05, 0) is 79.0 Å². The first-order chi connectivity index (χ1) is 14.9. The second-order valence-electron chi connectivity index (χ2n) is 10.3. The molecule has 2 saturated carbocycles. The highest BCUT2D eigenvalue weighted by molar-refractivity contribution is 7.16. The molecular weight excluding hydrogens is 404 g/mol. The van der Waals surface area contributed by atoms with Crippen LogP contribution in [0.15, 0.2) is 42.0 Å². The van der Waals surface area contributed by atoms with Gasteiger partial charge in [0.25, 0.3) is 0 Å². The second-order valence-corrected chi connectivity index (χ2v) is 11.4. The van der Waals surface area contributed by atoms with Crippen LogP contribution in [-0.2, 0) is 19.7 Å². The van der Waals surface area contributed by atoms with E-state index < -0.39 is 11.9 Å². The maximum atomic E-state index is 13.2. The molecule has 0 radical (unpaired) electrons. The van der Waals surface area contributed by atoms with E-state index in [1.54, 1.807) is 0 Å². The van der Waals surface area contributed by atoms with Crippen LogP contribution in [0.1, 0.15) is 56.9 Å². The number of cyclic esters (lactones) is 2. The Kier molecular flexibility index (Phi) is 4.18. The number of esters is 2. The summed E-state index contributed by atoms with van der Waals surface area (Å²) in [5.74, 6) is 0.977. The summed E-state index contributed by atoms with van der Waals surface area (Å²) in [5.41, 5.74) is 3.63. The summed E-state index contributed by atoms with van der Waals surface area (Å²) in [5, 5.41) is 0. The first-order valence-electron chi connectivity index (χ1n) is 11.6. The van der Waals surface area contributed by atoms with Crippen LogP contribution >= 0.6 is 11.3 Å². The van der Waals surface area contributed by atoms with Crippen LogP contribution in [0.25, 0.3) is 16.0 Å². The summed E-state index contributed by atoms with van der Waals surface area (Å²) in [7, 11) is 0. The molecule has 6 rings (SSSR count). The van der Waals surface area contributed by atoms with Gasteiger partial charge in [-0.2, -0.15) is 0 Å². The number of benzene rings is 1. The van der Waals surface area contributed by atoms with Crippen LogP contribution in [0.5, 0.6) is 0 Å². The molecule has 2 aromatic rings. The Morgan fingerprint density at radius 3 is 2.58 bits per heavy atom. The lowest BCUT2D eigenvalue weighted by molar-refractivity contribution is -0.155. The van der Waals surface area contributed by atoms with Crippen molar-refractivity contribution in [3.63, 3.8) is 0 Å². The molecule has 3 fully saturated rings.